The lowest BCUT2D eigenvalue weighted by molar-refractivity contribution is 1.12. The molecule has 4 heteroatoms. The molecule has 118 valence electrons. The van der Waals surface area contributed by atoms with Crippen LogP contribution in [0.1, 0.15) is 11.1 Å². The Morgan fingerprint density at radius 2 is 1.67 bits per heavy atom. The molecule has 0 fully saturated rings. The SMILES string of the molecule is Cc1cccc(C)c1Nc1c(-c2ccccc2)nc2cnccn12. The Kier molecular flexibility index (Phi) is 3.50. The van der Waals surface area contributed by atoms with Crippen LogP contribution >= 0.6 is 0 Å². The Bertz CT molecular complexity index is 983. The third-order valence-corrected chi connectivity index (χ3v) is 4.20. The second kappa shape index (κ2) is 5.81. The van der Waals surface area contributed by atoms with Crippen molar-refractivity contribution >= 4 is 17.2 Å². The molecular formula is C20H18N4. The van der Waals surface area contributed by atoms with Crippen LogP contribution in [-0.4, -0.2) is 14.4 Å². The van der Waals surface area contributed by atoms with E-state index >= 15 is 0 Å². The molecule has 0 spiro atoms. The zero-order valence-corrected chi connectivity index (χ0v) is 13.7. The van der Waals surface area contributed by atoms with Crippen molar-refractivity contribution < 1.29 is 0 Å². The highest BCUT2D eigenvalue weighted by Crippen LogP contribution is 2.32. The Hall–Kier alpha value is -3.14. The van der Waals surface area contributed by atoms with Crippen LogP contribution in [0.15, 0.2) is 67.1 Å². The summed E-state index contributed by atoms with van der Waals surface area (Å²) in [6, 6.07) is 16.5. The molecule has 0 atom stereocenters. The largest absolute Gasteiger partial charge is 0.339 e. The summed E-state index contributed by atoms with van der Waals surface area (Å²) in [5.41, 5.74) is 6.36. The summed E-state index contributed by atoms with van der Waals surface area (Å²) in [7, 11) is 0. The topological polar surface area (TPSA) is 42.2 Å². The van der Waals surface area contributed by atoms with Crippen molar-refractivity contribution in [2.45, 2.75) is 13.8 Å². The predicted molar refractivity (Wildman–Crippen MR) is 97.6 cm³/mol. The monoisotopic (exact) mass is 314 g/mol. The fraction of sp³-hybridized carbons (Fsp3) is 0.100. The summed E-state index contributed by atoms with van der Waals surface area (Å²) in [6.45, 7) is 4.23. The molecule has 1 N–H and O–H groups in total. The van der Waals surface area contributed by atoms with Crippen molar-refractivity contribution in [3.05, 3.63) is 78.2 Å². The van der Waals surface area contributed by atoms with E-state index in [1.54, 1.807) is 12.4 Å². The minimum absolute atomic E-state index is 0.824. The summed E-state index contributed by atoms with van der Waals surface area (Å²) >= 11 is 0. The van der Waals surface area contributed by atoms with Crippen LogP contribution < -0.4 is 5.32 Å². The molecule has 0 amide bonds. The van der Waals surface area contributed by atoms with Crippen LogP contribution in [0.3, 0.4) is 0 Å². The number of aryl methyl sites for hydroxylation is 2. The summed E-state index contributed by atoms with van der Waals surface area (Å²) in [6.07, 6.45) is 5.49. The number of anilines is 2. The smallest absolute Gasteiger partial charge is 0.157 e. The number of nitrogens with zero attached hydrogens (tertiary/aromatic N) is 3. The van der Waals surface area contributed by atoms with Crippen molar-refractivity contribution in [1.82, 2.24) is 14.4 Å². The quantitative estimate of drug-likeness (QED) is 0.593. The molecule has 0 bridgehead atoms. The number of hydrogen-bond acceptors (Lipinski definition) is 3. The lowest BCUT2D eigenvalue weighted by Gasteiger charge is -2.13. The molecule has 0 saturated heterocycles. The number of hydrogen-bond donors (Lipinski definition) is 1. The summed E-state index contributed by atoms with van der Waals surface area (Å²) in [4.78, 5) is 8.97. The summed E-state index contributed by atoms with van der Waals surface area (Å²) in [5.74, 6) is 0.955. The molecule has 4 aromatic rings. The van der Waals surface area contributed by atoms with Gasteiger partial charge in [-0.2, -0.15) is 0 Å². The van der Waals surface area contributed by atoms with Crippen molar-refractivity contribution in [3.63, 3.8) is 0 Å². The molecule has 4 rings (SSSR count). The molecule has 24 heavy (non-hydrogen) atoms. The first-order chi connectivity index (χ1) is 11.7. The highest BCUT2D eigenvalue weighted by molar-refractivity contribution is 5.80. The highest BCUT2D eigenvalue weighted by atomic mass is 15.1. The molecule has 0 aliphatic heterocycles. The molecule has 2 heterocycles. The van der Waals surface area contributed by atoms with Gasteiger partial charge in [0.25, 0.3) is 0 Å². The summed E-state index contributed by atoms with van der Waals surface area (Å²) in [5, 5.41) is 3.60. The van der Waals surface area contributed by atoms with E-state index < -0.39 is 0 Å². The van der Waals surface area contributed by atoms with Gasteiger partial charge in [-0.15, -0.1) is 0 Å². The van der Waals surface area contributed by atoms with Gasteiger partial charge in [0.05, 0.1) is 6.20 Å². The van der Waals surface area contributed by atoms with Gasteiger partial charge in [0.2, 0.25) is 0 Å². The maximum absolute atomic E-state index is 4.78. The molecule has 0 saturated carbocycles. The van der Waals surface area contributed by atoms with Gasteiger partial charge in [-0.1, -0.05) is 48.5 Å². The van der Waals surface area contributed by atoms with Gasteiger partial charge in [0.15, 0.2) is 5.65 Å². The highest BCUT2D eigenvalue weighted by Gasteiger charge is 2.15. The molecule has 0 aliphatic rings. The number of benzene rings is 2. The standard InChI is InChI=1S/C20H18N4/c1-14-7-6-8-15(2)18(14)23-20-19(16-9-4-3-5-10-16)22-17-13-21-11-12-24(17)20/h3-13,23H,1-2H3. The van der Waals surface area contributed by atoms with Gasteiger partial charge in [0, 0.05) is 23.6 Å². The predicted octanol–water partition coefficient (Wildman–Crippen LogP) is 4.76. The Labute approximate surface area is 140 Å². The fourth-order valence-electron chi connectivity index (χ4n) is 2.95. The molecule has 4 nitrogen and oxygen atoms in total. The van der Waals surface area contributed by atoms with E-state index in [1.165, 1.54) is 11.1 Å². The van der Waals surface area contributed by atoms with Crippen molar-refractivity contribution in [2.75, 3.05) is 5.32 Å². The summed E-state index contributed by atoms with van der Waals surface area (Å²) < 4.78 is 2.04. The third-order valence-electron chi connectivity index (χ3n) is 4.20. The molecule has 2 aromatic carbocycles. The number of imidazole rings is 1. The van der Waals surface area contributed by atoms with Crippen molar-refractivity contribution in [3.8, 4) is 11.3 Å². The number of para-hydroxylation sites is 1. The molecular weight excluding hydrogens is 296 g/mol. The van der Waals surface area contributed by atoms with Crippen LogP contribution in [0.25, 0.3) is 16.9 Å². The number of aromatic nitrogens is 3. The van der Waals surface area contributed by atoms with E-state index in [2.05, 4.69) is 54.5 Å². The van der Waals surface area contributed by atoms with Crippen LogP contribution in [0.4, 0.5) is 11.5 Å². The van der Waals surface area contributed by atoms with E-state index in [0.29, 0.717) is 0 Å². The zero-order valence-electron chi connectivity index (χ0n) is 13.7. The van der Waals surface area contributed by atoms with E-state index in [0.717, 1.165) is 28.4 Å². The number of rotatable bonds is 3. The second-order valence-corrected chi connectivity index (χ2v) is 5.87. The maximum atomic E-state index is 4.78. The Morgan fingerprint density at radius 3 is 2.42 bits per heavy atom. The van der Waals surface area contributed by atoms with Crippen LogP contribution in [0.5, 0.6) is 0 Å². The minimum Gasteiger partial charge on any atom is -0.339 e. The van der Waals surface area contributed by atoms with Crippen LogP contribution in [0, 0.1) is 13.8 Å². The first-order valence-electron chi connectivity index (χ1n) is 7.95. The molecule has 0 radical (unpaired) electrons. The average molecular weight is 314 g/mol. The van der Waals surface area contributed by atoms with Crippen LogP contribution in [0.2, 0.25) is 0 Å². The first kappa shape index (κ1) is 14.5. The van der Waals surface area contributed by atoms with E-state index in [4.69, 9.17) is 4.98 Å². The normalized spacial score (nSPS) is 10.9. The zero-order chi connectivity index (χ0) is 16.5. The molecule has 0 aliphatic carbocycles. The third kappa shape index (κ3) is 2.42. The second-order valence-electron chi connectivity index (χ2n) is 5.87. The van der Waals surface area contributed by atoms with Gasteiger partial charge in [-0.3, -0.25) is 9.38 Å². The van der Waals surface area contributed by atoms with Gasteiger partial charge in [0.1, 0.15) is 11.5 Å². The number of fused-ring (bicyclic) bond motifs is 1. The van der Waals surface area contributed by atoms with Crippen molar-refractivity contribution in [1.29, 1.82) is 0 Å². The minimum atomic E-state index is 0.824. The van der Waals surface area contributed by atoms with Gasteiger partial charge < -0.3 is 5.32 Å². The lowest BCUT2D eigenvalue weighted by Crippen LogP contribution is -2.00. The van der Waals surface area contributed by atoms with E-state index in [-0.39, 0.29) is 0 Å². The Balaban J connectivity index is 1.93. The van der Waals surface area contributed by atoms with Crippen LogP contribution in [-0.2, 0) is 0 Å². The van der Waals surface area contributed by atoms with E-state index in [9.17, 15) is 0 Å². The lowest BCUT2D eigenvalue weighted by atomic mass is 10.1. The van der Waals surface area contributed by atoms with Crippen molar-refractivity contribution in [2.24, 2.45) is 0 Å². The Morgan fingerprint density at radius 1 is 0.917 bits per heavy atom. The van der Waals surface area contributed by atoms with E-state index in [1.807, 2.05) is 28.8 Å². The average Bonchev–Trinajstić information content (AvgIpc) is 2.98. The van der Waals surface area contributed by atoms with Gasteiger partial charge in [-0.25, -0.2) is 4.98 Å². The molecule has 2 aromatic heterocycles. The van der Waals surface area contributed by atoms with Gasteiger partial charge in [-0.05, 0) is 25.0 Å². The van der Waals surface area contributed by atoms with Gasteiger partial charge >= 0.3 is 0 Å². The fourth-order valence-corrected chi connectivity index (χ4v) is 2.95. The number of nitrogens with one attached hydrogen (secondary N) is 1. The molecule has 0 unspecified atom stereocenters. The first-order valence-corrected chi connectivity index (χ1v) is 7.95. The maximum Gasteiger partial charge on any atom is 0.157 e.